The van der Waals surface area contributed by atoms with E-state index in [0.29, 0.717) is 12.6 Å². The lowest BCUT2D eigenvalue weighted by Gasteiger charge is -2.28. The predicted octanol–water partition coefficient (Wildman–Crippen LogP) is 7.66. The van der Waals surface area contributed by atoms with Crippen molar-refractivity contribution in [2.24, 2.45) is 0 Å². The summed E-state index contributed by atoms with van der Waals surface area (Å²) in [4.78, 5) is 26.8. The standard InChI is InChI=1S/C26H58N2O2P/c1-5-9-13-17-21-27(22-18-14-10-6-2)25-31(29,30)26-28(23-19-15-11-7-3)24-20-16-12-8-4/h29-30H,5-26H2,1-4H3/q+1. The van der Waals surface area contributed by atoms with Crippen molar-refractivity contribution in [3.63, 3.8) is 0 Å². The Morgan fingerprint density at radius 1 is 0.419 bits per heavy atom. The number of nitrogens with zero attached hydrogens (tertiary/aromatic N) is 2. The van der Waals surface area contributed by atoms with Crippen molar-refractivity contribution in [1.29, 1.82) is 0 Å². The van der Waals surface area contributed by atoms with E-state index in [0.717, 1.165) is 26.2 Å². The molecule has 0 aliphatic rings. The first-order valence-electron chi connectivity index (χ1n) is 13.8. The molecule has 0 saturated heterocycles. The van der Waals surface area contributed by atoms with Crippen LogP contribution in [0.1, 0.15) is 130 Å². The Kier molecular flexibility index (Phi) is 22.3. The zero-order valence-electron chi connectivity index (χ0n) is 21.8. The summed E-state index contributed by atoms with van der Waals surface area (Å²) in [6, 6.07) is 0. The fourth-order valence-corrected chi connectivity index (χ4v) is 6.18. The highest BCUT2D eigenvalue weighted by molar-refractivity contribution is 7.64. The summed E-state index contributed by atoms with van der Waals surface area (Å²) in [6.45, 7) is 13.0. The summed E-state index contributed by atoms with van der Waals surface area (Å²) in [7, 11) is -2.93. The largest absolute Gasteiger partial charge is 0.296 e. The van der Waals surface area contributed by atoms with Crippen LogP contribution in [-0.4, -0.2) is 58.3 Å². The van der Waals surface area contributed by atoms with Gasteiger partial charge in [-0.05, 0) is 25.7 Å². The summed E-state index contributed by atoms with van der Waals surface area (Å²) in [5, 5.41) is 0. The maximum Gasteiger partial charge on any atom is 0.296 e. The van der Waals surface area contributed by atoms with Crippen LogP contribution in [0, 0.1) is 0 Å². The van der Waals surface area contributed by atoms with Gasteiger partial charge in [-0.15, -0.1) is 0 Å². The molecule has 0 fully saturated rings. The molecule has 0 atom stereocenters. The van der Waals surface area contributed by atoms with Gasteiger partial charge in [0, 0.05) is 26.2 Å². The second-order valence-corrected chi connectivity index (χ2v) is 12.0. The number of unbranched alkanes of at least 4 members (excludes halogenated alkanes) is 12. The lowest BCUT2D eigenvalue weighted by Crippen LogP contribution is -2.34. The molecule has 0 aromatic heterocycles. The minimum atomic E-state index is -2.93. The summed E-state index contributed by atoms with van der Waals surface area (Å²) in [6.07, 6.45) is 20.9. The van der Waals surface area contributed by atoms with E-state index in [2.05, 4.69) is 37.5 Å². The molecule has 0 heterocycles. The first-order valence-corrected chi connectivity index (χ1v) is 15.8. The molecule has 0 aromatic rings. The molecule has 0 amide bonds. The Morgan fingerprint density at radius 3 is 0.903 bits per heavy atom. The summed E-state index contributed by atoms with van der Waals surface area (Å²) in [5.74, 6) is 0. The van der Waals surface area contributed by atoms with Crippen molar-refractivity contribution in [3.8, 4) is 0 Å². The van der Waals surface area contributed by atoms with Gasteiger partial charge in [0.15, 0.2) is 12.6 Å². The smallest absolute Gasteiger partial charge is 0.267 e. The van der Waals surface area contributed by atoms with Gasteiger partial charge in [-0.1, -0.05) is 105 Å². The fourth-order valence-electron chi connectivity index (χ4n) is 4.24. The number of rotatable bonds is 24. The third-order valence-corrected chi connectivity index (χ3v) is 7.87. The van der Waals surface area contributed by atoms with Crippen molar-refractivity contribution in [2.75, 3.05) is 38.8 Å². The van der Waals surface area contributed by atoms with E-state index in [4.69, 9.17) is 0 Å². The highest BCUT2D eigenvalue weighted by Gasteiger charge is 2.37. The van der Waals surface area contributed by atoms with Gasteiger partial charge < -0.3 is 0 Å². The van der Waals surface area contributed by atoms with Gasteiger partial charge in [0.1, 0.15) is 0 Å². The molecule has 0 aliphatic heterocycles. The molecular weight excluding hydrogens is 403 g/mol. The van der Waals surface area contributed by atoms with Crippen LogP contribution in [0.15, 0.2) is 0 Å². The van der Waals surface area contributed by atoms with Crippen molar-refractivity contribution in [1.82, 2.24) is 9.80 Å². The van der Waals surface area contributed by atoms with Gasteiger partial charge >= 0.3 is 0 Å². The third kappa shape index (κ3) is 20.6. The van der Waals surface area contributed by atoms with Crippen molar-refractivity contribution < 1.29 is 9.79 Å². The average Bonchev–Trinajstić information content (AvgIpc) is 2.74. The minimum absolute atomic E-state index is 0.492. The van der Waals surface area contributed by atoms with Gasteiger partial charge in [-0.25, -0.2) is 9.79 Å². The van der Waals surface area contributed by atoms with Gasteiger partial charge in [0.2, 0.25) is 0 Å². The minimum Gasteiger partial charge on any atom is -0.267 e. The summed E-state index contributed by atoms with van der Waals surface area (Å²) in [5.41, 5.74) is 0. The molecular formula is C26H58N2O2P+. The lowest BCUT2D eigenvalue weighted by molar-refractivity contribution is 0.252. The average molecular weight is 462 g/mol. The Bertz CT molecular complexity index is 313. The first-order chi connectivity index (χ1) is 15.0. The van der Waals surface area contributed by atoms with E-state index in [1.165, 1.54) is 103 Å². The van der Waals surface area contributed by atoms with E-state index in [1.807, 2.05) is 0 Å². The monoisotopic (exact) mass is 461 g/mol. The fraction of sp³-hybridized carbons (Fsp3) is 1.00. The normalized spacial score (nSPS) is 12.4. The highest BCUT2D eigenvalue weighted by Crippen LogP contribution is 2.51. The molecule has 0 unspecified atom stereocenters. The Morgan fingerprint density at radius 2 is 0.677 bits per heavy atom. The van der Waals surface area contributed by atoms with Crippen molar-refractivity contribution >= 4 is 7.72 Å². The summed E-state index contributed by atoms with van der Waals surface area (Å²) >= 11 is 0. The van der Waals surface area contributed by atoms with Crippen molar-refractivity contribution in [3.05, 3.63) is 0 Å². The molecule has 188 valence electrons. The zero-order valence-corrected chi connectivity index (χ0v) is 22.7. The molecule has 0 aromatic carbocycles. The Hall–Kier alpha value is 0.270. The van der Waals surface area contributed by atoms with Crippen LogP contribution in [0.4, 0.5) is 0 Å². The molecule has 0 spiro atoms. The maximum absolute atomic E-state index is 11.0. The van der Waals surface area contributed by atoms with Gasteiger partial charge in [-0.3, -0.25) is 9.80 Å². The second-order valence-electron chi connectivity index (χ2n) is 9.64. The van der Waals surface area contributed by atoms with Gasteiger partial charge in [-0.2, -0.15) is 0 Å². The molecule has 0 aliphatic carbocycles. The SMILES string of the molecule is CCCCCCN(CCCCCC)C[P+](O)(O)CN(CCCCCC)CCCCCC. The Balaban J connectivity index is 4.72. The third-order valence-electron chi connectivity index (χ3n) is 6.16. The van der Waals surface area contributed by atoms with E-state index in [-0.39, 0.29) is 0 Å². The van der Waals surface area contributed by atoms with Crippen LogP contribution < -0.4 is 0 Å². The van der Waals surface area contributed by atoms with E-state index >= 15 is 0 Å². The Labute approximate surface area is 196 Å². The van der Waals surface area contributed by atoms with Crippen LogP contribution >= 0.6 is 7.72 Å². The first kappa shape index (κ1) is 31.3. The summed E-state index contributed by atoms with van der Waals surface area (Å²) < 4.78 is 0. The molecule has 0 rings (SSSR count). The molecule has 2 N–H and O–H groups in total. The quantitative estimate of drug-likeness (QED) is 0.114. The predicted molar refractivity (Wildman–Crippen MR) is 141 cm³/mol. The van der Waals surface area contributed by atoms with Crippen LogP contribution in [0.3, 0.4) is 0 Å². The van der Waals surface area contributed by atoms with E-state index in [1.54, 1.807) is 0 Å². The van der Waals surface area contributed by atoms with E-state index < -0.39 is 7.72 Å². The van der Waals surface area contributed by atoms with Crippen molar-refractivity contribution in [2.45, 2.75) is 130 Å². The van der Waals surface area contributed by atoms with E-state index in [9.17, 15) is 9.79 Å². The van der Waals surface area contributed by atoms with Crippen LogP contribution in [0.25, 0.3) is 0 Å². The lowest BCUT2D eigenvalue weighted by atomic mass is 10.2. The van der Waals surface area contributed by atoms with Crippen LogP contribution in [0.5, 0.6) is 0 Å². The molecule has 5 heteroatoms. The number of hydrogen-bond donors (Lipinski definition) is 2. The molecule has 31 heavy (non-hydrogen) atoms. The maximum atomic E-state index is 11.0. The van der Waals surface area contributed by atoms with Crippen LogP contribution in [-0.2, 0) is 0 Å². The molecule has 0 bridgehead atoms. The highest BCUT2D eigenvalue weighted by atomic mass is 31.2. The number of hydrogen-bond acceptors (Lipinski definition) is 4. The topological polar surface area (TPSA) is 46.9 Å². The van der Waals surface area contributed by atoms with Crippen LogP contribution in [0.2, 0.25) is 0 Å². The van der Waals surface area contributed by atoms with Gasteiger partial charge in [0.05, 0.1) is 0 Å². The van der Waals surface area contributed by atoms with Gasteiger partial charge in [0.25, 0.3) is 7.72 Å². The molecule has 0 radical (unpaired) electrons. The zero-order chi connectivity index (χ0) is 23.2. The second kappa shape index (κ2) is 22.1. The molecule has 4 nitrogen and oxygen atoms in total. The molecule has 0 saturated carbocycles.